The summed E-state index contributed by atoms with van der Waals surface area (Å²) in [5.41, 5.74) is 2.74. The molecule has 2 aromatic heterocycles. The molecule has 0 bridgehead atoms. The molecule has 1 atom stereocenters. The predicted octanol–water partition coefficient (Wildman–Crippen LogP) is 5.76. The number of fused-ring (bicyclic) bond motifs is 1. The molecule has 1 aliphatic carbocycles. The molecule has 1 saturated carbocycles. The van der Waals surface area contributed by atoms with Crippen LogP contribution in [0.3, 0.4) is 0 Å². The minimum absolute atomic E-state index is 0.0468. The van der Waals surface area contributed by atoms with Crippen LogP contribution in [-0.2, 0) is 19.6 Å². The Morgan fingerprint density at radius 1 is 1.06 bits per heavy atom. The number of benzene rings is 3. The number of nitrogens with one attached hydrogen (secondary N) is 1. The fraction of sp³-hybridized carbons (Fsp3) is 0.257. The Labute approximate surface area is 289 Å². The van der Waals surface area contributed by atoms with Crippen LogP contribution in [0.2, 0.25) is 5.02 Å². The highest BCUT2D eigenvalue weighted by atomic mass is 79.9. The monoisotopic (exact) mass is 730 g/mol. The van der Waals surface area contributed by atoms with Gasteiger partial charge in [-0.1, -0.05) is 29.8 Å². The van der Waals surface area contributed by atoms with Gasteiger partial charge in [0.1, 0.15) is 11.4 Å². The molecule has 1 N–H and O–H groups in total. The first-order chi connectivity index (χ1) is 23.2. The van der Waals surface area contributed by atoms with Crippen molar-refractivity contribution in [1.29, 1.82) is 0 Å². The van der Waals surface area contributed by atoms with Gasteiger partial charge in [-0.05, 0) is 89.8 Å². The van der Waals surface area contributed by atoms with Gasteiger partial charge in [0, 0.05) is 29.2 Å². The Balaban J connectivity index is 1.25. The van der Waals surface area contributed by atoms with Crippen LogP contribution < -0.4 is 20.5 Å². The second-order valence-electron chi connectivity index (χ2n) is 11.9. The van der Waals surface area contributed by atoms with Crippen molar-refractivity contribution in [3.8, 4) is 22.9 Å². The highest BCUT2D eigenvalue weighted by molar-refractivity contribution is 9.10. The normalized spacial score (nSPS) is 15.6. The summed E-state index contributed by atoms with van der Waals surface area (Å²) in [6.45, 7) is 2.30. The molecule has 2 amide bonds. The molecule has 3 heterocycles. The molecule has 5 aromatic rings. The number of carbonyl (C=O) groups is 2. The second-order valence-corrected chi connectivity index (χ2v) is 13.1. The molecule has 1 fully saturated rings. The average molecular weight is 732 g/mol. The van der Waals surface area contributed by atoms with Crippen molar-refractivity contribution in [3.63, 3.8) is 0 Å². The van der Waals surface area contributed by atoms with E-state index in [2.05, 4.69) is 26.3 Å². The number of imidazole rings is 1. The highest BCUT2D eigenvalue weighted by Crippen LogP contribution is 2.30. The summed E-state index contributed by atoms with van der Waals surface area (Å²) in [5.74, 6) is 0.598. The van der Waals surface area contributed by atoms with E-state index in [1.54, 1.807) is 64.0 Å². The highest BCUT2D eigenvalue weighted by Gasteiger charge is 2.35. The van der Waals surface area contributed by atoms with Crippen molar-refractivity contribution in [2.45, 2.75) is 51.5 Å². The molecule has 11 nitrogen and oxygen atoms in total. The number of hydrogen-bond donors (Lipinski definition) is 1. The Hall–Kier alpha value is -4.81. The fourth-order valence-corrected chi connectivity index (χ4v) is 6.32. The molecule has 0 saturated heterocycles. The number of ether oxygens (including phenoxy) is 2. The maximum Gasteiger partial charge on any atom is 0.333 e. The van der Waals surface area contributed by atoms with Crippen molar-refractivity contribution in [1.82, 2.24) is 29.1 Å². The second kappa shape index (κ2) is 13.0. The van der Waals surface area contributed by atoms with Crippen LogP contribution in [0.15, 0.2) is 88.4 Å². The van der Waals surface area contributed by atoms with Gasteiger partial charge in [0.05, 0.1) is 54.2 Å². The molecule has 0 unspecified atom stereocenters. The molecule has 13 heteroatoms. The third-order valence-electron chi connectivity index (χ3n) is 8.58. The Morgan fingerprint density at radius 2 is 1.83 bits per heavy atom. The number of halogens is 2. The van der Waals surface area contributed by atoms with E-state index in [1.807, 2.05) is 43.3 Å². The van der Waals surface area contributed by atoms with Crippen LogP contribution in [0.25, 0.3) is 11.4 Å². The lowest BCUT2D eigenvalue weighted by molar-refractivity contribution is 0.0610. The first-order valence-electron chi connectivity index (χ1n) is 15.5. The zero-order valence-electron chi connectivity index (χ0n) is 26.2. The van der Waals surface area contributed by atoms with Crippen LogP contribution >= 0.6 is 27.5 Å². The topological polar surface area (TPSA) is 113 Å². The van der Waals surface area contributed by atoms with Crippen molar-refractivity contribution < 1.29 is 19.1 Å². The molecule has 2 aliphatic rings. The number of amides is 2. The summed E-state index contributed by atoms with van der Waals surface area (Å²) in [5, 5.41) is 7.83. The number of nitrogens with zero attached hydrogens (tertiary/aromatic N) is 5. The first kappa shape index (κ1) is 31.8. The smallest absolute Gasteiger partial charge is 0.333 e. The van der Waals surface area contributed by atoms with Gasteiger partial charge >= 0.3 is 5.69 Å². The number of carbonyl (C=O) groups excluding carboxylic acids is 2. The van der Waals surface area contributed by atoms with Gasteiger partial charge in [-0.25, -0.2) is 9.48 Å². The van der Waals surface area contributed by atoms with Gasteiger partial charge in [-0.2, -0.15) is 5.10 Å². The third kappa shape index (κ3) is 6.13. The molecular formula is C35H32BrClN6O5. The molecule has 7 rings (SSSR count). The van der Waals surface area contributed by atoms with E-state index >= 15 is 0 Å². The number of para-hydroxylation sites is 1. The van der Waals surface area contributed by atoms with E-state index in [9.17, 15) is 14.4 Å². The number of methoxy groups -OCH3 is 1. The summed E-state index contributed by atoms with van der Waals surface area (Å²) >= 11 is 9.70. The zero-order valence-corrected chi connectivity index (χ0v) is 28.6. The Kier molecular flexibility index (Phi) is 8.61. The average Bonchev–Trinajstić information content (AvgIpc) is 3.70. The van der Waals surface area contributed by atoms with Crippen molar-refractivity contribution in [3.05, 3.63) is 122 Å². The number of rotatable bonds is 9. The van der Waals surface area contributed by atoms with E-state index in [-0.39, 0.29) is 49.1 Å². The van der Waals surface area contributed by atoms with Crippen LogP contribution in [0.1, 0.15) is 51.9 Å². The van der Waals surface area contributed by atoms with Gasteiger partial charge < -0.3 is 19.7 Å². The van der Waals surface area contributed by atoms with Gasteiger partial charge in [-0.15, -0.1) is 0 Å². The number of aromatic nitrogens is 4. The summed E-state index contributed by atoms with van der Waals surface area (Å²) in [6.07, 6.45) is 5.63. The summed E-state index contributed by atoms with van der Waals surface area (Å²) in [7, 11) is 1.57. The van der Waals surface area contributed by atoms with Gasteiger partial charge in [0.15, 0.2) is 5.75 Å². The lowest BCUT2D eigenvalue weighted by Crippen LogP contribution is -2.47. The largest absolute Gasteiger partial charge is 0.493 e. The van der Waals surface area contributed by atoms with Crippen LogP contribution in [0.4, 0.5) is 0 Å². The lowest BCUT2D eigenvalue weighted by atomic mass is 10.1. The van der Waals surface area contributed by atoms with Crippen molar-refractivity contribution in [2.75, 3.05) is 7.11 Å². The SMILES string of the molecule is COc1cnn(-c2ccccc2CNC(=O)c2c3n(c(=O)n2-c2ccc(OC4CC4)cc2)C[C@@H](C)N(C(=O)c2ccc(Br)c(Cl)c2)C3)c1. The van der Waals surface area contributed by atoms with Crippen LogP contribution in [0.5, 0.6) is 11.5 Å². The van der Waals surface area contributed by atoms with E-state index < -0.39 is 5.91 Å². The molecule has 3 aromatic carbocycles. The molecule has 1 aliphatic heterocycles. The minimum Gasteiger partial charge on any atom is -0.493 e. The Morgan fingerprint density at radius 3 is 2.54 bits per heavy atom. The lowest BCUT2D eigenvalue weighted by Gasteiger charge is -2.34. The van der Waals surface area contributed by atoms with Crippen LogP contribution in [-0.4, -0.2) is 54.9 Å². The standard InChI is InChI=1S/C35H32BrClN6O5/c1-21-18-41-31(20-40(21)34(45)22-7-14-28(36)29(37)15-22)32(43(35(41)46)24-8-10-25(11-9-24)48-26-12-13-26)33(44)38-16-23-5-3-4-6-30(23)42-19-27(47-2)17-39-42/h3-11,14-15,17,19,21,26H,12-13,16,18,20H2,1-2H3,(H,38,44)/t21-/m1/s1. The Bertz CT molecular complexity index is 2080. The molecule has 48 heavy (non-hydrogen) atoms. The quantitative estimate of drug-likeness (QED) is 0.206. The summed E-state index contributed by atoms with van der Waals surface area (Å²) in [6, 6.07) is 19.4. The zero-order chi connectivity index (χ0) is 33.5. The number of hydrogen-bond acceptors (Lipinski definition) is 6. The molecular weight excluding hydrogens is 700 g/mol. The maximum absolute atomic E-state index is 14.2. The van der Waals surface area contributed by atoms with Crippen molar-refractivity contribution >= 4 is 39.3 Å². The third-order valence-corrected chi connectivity index (χ3v) is 9.81. The summed E-state index contributed by atoms with van der Waals surface area (Å²) < 4.78 is 16.6. The van der Waals surface area contributed by atoms with E-state index in [0.717, 1.165) is 24.1 Å². The molecule has 0 radical (unpaired) electrons. The van der Waals surface area contributed by atoms with Gasteiger partial charge in [-0.3, -0.25) is 18.7 Å². The molecule has 0 spiro atoms. The predicted molar refractivity (Wildman–Crippen MR) is 183 cm³/mol. The van der Waals surface area contributed by atoms with E-state index in [4.69, 9.17) is 21.1 Å². The van der Waals surface area contributed by atoms with Gasteiger partial charge in [0.2, 0.25) is 0 Å². The first-order valence-corrected chi connectivity index (χ1v) is 16.7. The van der Waals surface area contributed by atoms with Gasteiger partial charge in [0.25, 0.3) is 11.8 Å². The molecule has 246 valence electrons. The van der Waals surface area contributed by atoms with Crippen LogP contribution in [0, 0.1) is 0 Å². The van der Waals surface area contributed by atoms with E-state index in [1.165, 1.54) is 4.57 Å². The maximum atomic E-state index is 14.2. The van der Waals surface area contributed by atoms with Crippen molar-refractivity contribution in [2.24, 2.45) is 0 Å². The van der Waals surface area contributed by atoms with E-state index in [0.29, 0.717) is 37.9 Å². The fourth-order valence-electron chi connectivity index (χ4n) is 5.89. The minimum atomic E-state index is -0.458. The summed E-state index contributed by atoms with van der Waals surface area (Å²) in [4.78, 5) is 43.8.